The number of alkyl halides is 1. The molecule has 7 heteroatoms. The Kier molecular flexibility index (Phi) is 6.60. The molecule has 2 aromatic rings. The molecule has 1 heterocycles. The Morgan fingerprint density at radius 1 is 1.38 bits per heavy atom. The van der Waals surface area contributed by atoms with Crippen molar-refractivity contribution in [2.45, 2.75) is 28.7 Å². The van der Waals surface area contributed by atoms with E-state index < -0.39 is 12.1 Å². The summed E-state index contributed by atoms with van der Waals surface area (Å²) in [5.74, 6) is 6.06. The van der Waals surface area contributed by atoms with Crippen LogP contribution in [0.15, 0.2) is 40.1 Å². The summed E-state index contributed by atoms with van der Waals surface area (Å²) < 4.78 is 0.735. The molecule has 0 unspecified atom stereocenters. The van der Waals surface area contributed by atoms with Crippen molar-refractivity contribution in [1.29, 1.82) is 0 Å². The molecule has 0 aliphatic heterocycles. The molecular weight excluding hydrogens is 390 g/mol. The van der Waals surface area contributed by atoms with E-state index in [2.05, 4.69) is 16.8 Å². The fourth-order valence-corrected chi connectivity index (χ4v) is 5.39. The zero-order valence-electron chi connectivity index (χ0n) is 13.8. The largest absolute Gasteiger partial charge is 0.476 e. The lowest BCUT2D eigenvalue weighted by Gasteiger charge is -2.18. The summed E-state index contributed by atoms with van der Waals surface area (Å²) in [7, 11) is 0. The summed E-state index contributed by atoms with van der Waals surface area (Å²) in [5.41, 5.74) is 1.01. The molecule has 136 valence electrons. The Balaban J connectivity index is 1.61. The van der Waals surface area contributed by atoms with Gasteiger partial charge in [0.05, 0.1) is 12.0 Å². The molecule has 4 atom stereocenters. The highest BCUT2D eigenvalue weighted by Gasteiger charge is 2.40. The van der Waals surface area contributed by atoms with Gasteiger partial charge in [0.25, 0.3) is 0 Å². The molecule has 1 aromatic carbocycles. The number of carboxylic acids is 1. The van der Waals surface area contributed by atoms with E-state index in [9.17, 15) is 9.90 Å². The molecule has 0 amide bonds. The lowest BCUT2D eigenvalue weighted by molar-refractivity contribution is 0.0691. The second-order valence-electron chi connectivity index (χ2n) is 6.08. The number of rotatable bonds is 5. The standard InChI is InChI=1S/C19H18ClNO3S2/c20-15-10-17(22)14(7-6-12-4-2-1-3-5-12)13(15)8-9-25-19-21-16(11-26-19)18(23)24/h1-5,11,13-15,17,22H,8-10H2,(H,23,24)/t13-,14-,15-,17-/m1/s1. The van der Waals surface area contributed by atoms with Crippen LogP contribution < -0.4 is 0 Å². The van der Waals surface area contributed by atoms with Crippen molar-refractivity contribution in [1.82, 2.24) is 4.98 Å². The van der Waals surface area contributed by atoms with Crippen molar-refractivity contribution in [2.24, 2.45) is 11.8 Å². The van der Waals surface area contributed by atoms with Crippen LogP contribution in [0.1, 0.15) is 28.9 Å². The molecule has 1 aliphatic rings. The SMILES string of the molecule is O=C(O)c1csc(SCC[C@@H]2[C@@H](C#Cc3ccccc3)[C@H](O)C[C@H]2Cl)n1. The van der Waals surface area contributed by atoms with E-state index >= 15 is 0 Å². The van der Waals surface area contributed by atoms with Gasteiger partial charge in [0, 0.05) is 22.1 Å². The number of nitrogens with zero attached hydrogens (tertiary/aromatic N) is 1. The molecule has 0 bridgehead atoms. The van der Waals surface area contributed by atoms with Gasteiger partial charge in [-0.05, 0) is 30.9 Å². The van der Waals surface area contributed by atoms with Crippen molar-refractivity contribution in [3.63, 3.8) is 0 Å². The van der Waals surface area contributed by atoms with E-state index in [1.165, 1.54) is 23.1 Å². The van der Waals surface area contributed by atoms with Crippen LogP contribution in [0.3, 0.4) is 0 Å². The van der Waals surface area contributed by atoms with Gasteiger partial charge in [0.15, 0.2) is 10.0 Å². The first kappa shape index (κ1) is 19.2. The van der Waals surface area contributed by atoms with Gasteiger partial charge in [-0.3, -0.25) is 0 Å². The molecule has 1 saturated carbocycles. The van der Waals surface area contributed by atoms with Crippen LogP contribution >= 0.6 is 34.7 Å². The predicted octanol–water partition coefficient (Wildman–Crippen LogP) is 3.98. The number of hydrogen-bond donors (Lipinski definition) is 2. The quantitative estimate of drug-likeness (QED) is 0.445. The maximum absolute atomic E-state index is 10.9. The first-order chi connectivity index (χ1) is 12.5. The van der Waals surface area contributed by atoms with Crippen LogP contribution in [0.5, 0.6) is 0 Å². The second-order valence-corrected chi connectivity index (χ2v) is 8.85. The normalized spacial score (nSPS) is 24.8. The highest BCUT2D eigenvalue weighted by molar-refractivity contribution is 8.01. The first-order valence-corrected chi connectivity index (χ1v) is 10.5. The summed E-state index contributed by atoms with van der Waals surface area (Å²) in [6, 6.07) is 9.71. The summed E-state index contributed by atoms with van der Waals surface area (Å²) in [4.78, 5) is 15.0. The summed E-state index contributed by atoms with van der Waals surface area (Å²) in [5, 5.41) is 20.7. The Bertz CT molecular complexity index is 815. The lowest BCUT2D eigenvalue weighted by Crippen LogP contribution is -2.19. The summed E-state index contributed by atoms with van der Waals surface area (Å²) in [6.07, 6.45) is 0.833. The van der Waals surface area contributed by atoms with Crippen LogP contribution in [0, 0.1) is 23.7 Å². The fourth-order valence-electron chi connectivity index (χ4n) is 3.02. The van der Waals surface area contributed by atoms with Crippen LogP contribution in [-0.4, -0.2) is 38.4 Å². The monoisotopic (exact) mass is 407 g/mol. The highest BCUT2D eigenvalue weighted by Crippen LogP contribution is 2.39. The number of benzene rings is 1. The van der Waals surface area contributed by atoms with Gasteiger partial charge in [-0.25, -0.2) is 9.78 Å². The van der Waals surface area contributed by atoms with E-state index in [0.717, 1.165) is 22.1 Å². The molecular formula is C19H18ClNO3S2. The molecule has 4 nitrogen and oxygen atoms in total. The molecule has 26 heavy (non-hydrogen) atoms. The second kappa shape index (κ2) is 8.92. The Hall–Kier alpha value is -1.52. The van der Waals surface area contributed by atoms with E-state index in [0.29, 0.717) is 6.42 Å². The Morgan fingerprint density at radius 2 is 2.15 bits per heavy atom. The zero-order valence-corrected chi connectivity index (χ0v) is 16.2. The Morgan fingerprint density at radius 3 is 2.85 bits per heavy atom. The smallest absolute Gasteiger partial charge is 0.355 e. The van der Waals surface area contributed by atoms with Crippen molar-refractivity contribution in [2.75, 3.05) is 5.75 Å². The topological polar surface area (TPSA) is 70.4 Å². The summed E-state index contributed by atoms with van der Waals surface area (Å²) in [6.45, 7) is 0. The number of carboxylic acid groups (broad SMARTS) is 1. The minimum Gasteiger partial charge on any atom is -0.476 e. The number of aliphatic hydroxyl groups is 1. The van der Waals surface area contributed by atoms with Crippen molar-refractivity contribution >= 4 is 40.7 Å². The molecule has 3 rings (SSSR count). The third kappa shape index (κ3) is 4.80. The molecule has 0 saturated heterocycles. The first-order valence-electron chi connectivity index (χ1n) is 8.25. The lowest BCUT2D eigenvalue weighted by atomic mass is 9.92. The fraction of sp³-hybridized carbons (Fsp3) is 0.368. The third-order valence-corrected chi connectivity index (χ3v) is 6.90. The van der Waals surface area contributed by atoms with E-state index in [4.69, 9.17) is 16.7 Å². The molecule has 0 spiro atoms. The van der Waals surface area contributed by atoms with Gasteiger partial charge >= 0.3 is 5.97 Å². The number of halogens is 1. The minimum absolute atomic E-state index is 0.0793. The minimum atomic E-state index is -1.01. The van der Waals surface area contributed by atoms with Crippen LogP contribution in [0.25, 0.3) is 0 Å². The number of thioether (sulfide) groups is 1. The molecule has 0 radical (unpaired) electrons. The van der Waals surface area contributed by atoms with Gasteiger partial charge in [0.1, 0.15) is 0 Å². The maximum atomic E-state index is 10.9. The molecule has 1 aromatic heterocycles. The van der Waals surface area contributed by atoms with Crippen LogP contribution in [0.4, 0.5) is 0 Å². The zero-order chi connectivity index (χ0) is 18.5. The highest BCUT2D eigenvalue weighted by atomic mass is 35.5. The maximum Gasteiger partial charge on any atom is 0.355 e. The van der Waals surface area contributed by atoms with E-state index in [1.54, 1.807) is 5.38 Å². The number of hydrogen-bond acceptors (Lipinski definition) is 5. The molecule has 1 aliphatic carbocycles. The third-order valence-electron chi connectivity index (χ3n) is 4.34. The number of aromatic carboxylic acids is 1. The van der Waals surface area contributed by atoms with E-state index in [1.807, 2.05) is 30.3 Å². The molecule has 2 N–H and O–H groups in total. The number of thiazole rings is 1. The average molecular weight is 408 g/mol. The predicted molar refractivity (Wildman–Crippen MR) is 105 cm³/mol. The van der Waals surface area contributed by atoms with Gasteiger partial charge in [-0.2, -0.15) is 0 Å². The number of aliphatic hydroxyl groups excluding tert-OH is 1. The van der Waals surface area contributed by atoms with Gasteiger partial charge in [-0.1, -0.05) is 41.8 Å². The summed E-state index contributed by atoms with van der Waals surface area (Å²) >= 11 is 9.30. The van der Waals surface area contributed by atoms with Gasteiger partial charge in [0.2, 0.25) is 0 Å². The van der Waals surface area contributed by atoms with Crippen LogP contribution in [0.2, 0.25) is 0 Å². The van der Waals surface area contributed by atoms with Crippen molar-refractivity contribution in [3.8, 4) is 11.8 Å². The van der Waals surface area contributed by atoms with Crippen LogP contribution in [-0.2, 0) is 0 Å². The Labute approximate surface area is 165 Å². The van der Waals surface area contributed by atoms with Crippen molar-refractivity contribution in [3.05, 3.63) is 47.0 Å². The van der Waals surface area contributed by atoms with E-state index in [-0.39, 0.29) is 22.9 Å². The average Bonchev–Trinajstić information content (AvgIpc) is 3.19. The van der Waals surface area contributed by atoms with Gasteiger partial charge < -0.3 is 10.2 Å². The number of aromatic nitrogens is 1. The number of carbonyl (C=O) groups is 1. The van der Waals surface area contributed by atoms with Crippen molar-refractivity contribution < 1.29 is 15.0 Å². The molecule has 1 fully saturated rings. The van der Waals surface area contributed by atoms with Gasteiger partial charge in [-0.15, -0.1) is 22.9 Å².